The molecular formula is C21H30FN5O2. The van der Waals surface area contributed by atoms with E-state index in [1.165, 1.54) is 12.1 Å². The van der Waals surface area contributed by atoms with Crippen molar-refractivity contribution in [3.63, 3.8) is 0 Å². The van der Waals surface area contributed by atoms with Gasteiger partial charge >= 0.3 is 6.03 Å². The number of urea groups is 1. The van der Waals surface area contributed by atoms with Crippen molar-refractivity contribution >= 4 is 6.03 Å². The Bertz CT molecular complexity index is 778. The third-order valence-electron chi connectivity index (χ3n) is 6.10. The highest BCUT2D eigenvalue weighted by molar-refractivity contribution is 5.77. The third-order valence-corrected chi connectivity index (χ3v) is 6.10. The Balaban J connectivity index is 1.36. The number of amides is 2. The molecule has 3 heterocycles. The maximum atomic E-state index is 13.4. The molecule has 0 spiro atoms. The molecule has 2 amide bonds. The Morgan fingerprint density at radius 2 is 2.14 bits per heavy atom. The van der Waals surface area contributed by atoms with Gasteiger partial charge < -0.3 is 20.3 Å². The van der Waals surface area contributed by atoms with E-state index in [0.29, 0.717) is 19.1 Å². The second-order valence-corrected chi connectivity index (χ2v) is 8.43. The van der Waals surface area contributed by atoms with Gasteiger partial charge in [-0.1, -0.05) is 12.1 Å². The van der Waals surface area contributed by atoms with E-state index in [9.17, 15) is 9.18 Å². The summed E-state index contributed by atoms with van der Waals surface area (Å²) in [5, 5.41) is 13.5. The van der Waals surface area contributed by atoms with E-state index < -0.39 is 5.54 Å². The van der Waals surface area contributed by atoms with Crippen molar-refractivity contribution in [1.82, 2.24) is 26.2 Å². The maximum absolute atomic E-state index is 13.4. The van der Waals surface area contributed by atoms with Crippen LogP contribution in [0.4, 0.5) is 9.18 Å². The molecule has 1 aromatic carbocycles. The van der Waals surface area contributed by atoms with Crippen molar-refractivity contribution in [3.8, 4) is 0 Å². The van der Waals surface area contributed by atoms with Crippen LogP contribution in [-0.2, 0) is 11.3 Å². The molecule has 4 N–H and O–H groups in total. The molecule has 0 aliphatic carbocycles. The van der Waals surface area contributed by atoms with Crippen molar-refractivity contribution in [2.45, 2.75) is 57.1 Å². The smallest absolute Gasteiger partial charge is 0.318 e. The first-order valence-electron chi connectivity index (χ1n) is 10.3. The summed E-state index contributed by atoms with van der Waals surface area (Å²) in [5.74, 6) is -0.298. The summed E-state index contributed by atoms with van der Waals surface area (Å²) in [6, 6.07) is 6.65. The summed E-state index contributed by atoms with van der Waals surface area (Å²) in [5.41, 5.74) is 1.48. The van der Waals surface area contributed by atoms with E-state index in [-0.39, 0.29) is 24.2 Å². The number of fused-ring (bicyclic) bond motifs is 1. The predicted molar refractivity (Wildman–Crippen MR) is 108 cm³/mol. The Morgan fingerprint density at radius 1 is 1.34 bits per heavy atom. The fourth-order valence-corrected chi connectivity index (χ4v) is 4.39. The van der Waals surface area contributed by atoms with Crippen LogP contribution < -0.4 is 21.3 Å². The summed E-state index contributed by atoms with van der Waals surface area (Å²) < 4.78 is 18.8. The average molecular weight is 404 g/mol. The van der Waals surface area contributed by atoms with Crippen LogP contribution in [0.1, 0.15) is 32.3 Å². The van der Waals surface area contributed by atoms with E-state index >= 15 is 0 Å². The number of rotatable bonds is 4. The summed E-state index contributed by atoms with van der Waals surface area (Å²) in [6.07, 6.45) is 4.01. The number of benzene rings is 1. The number of hydrogen-bond acceptors (Lipinski definition) is 5. The van der Waals surface area contributed by atoms with Gasteiger partial charge in [-0.25, -0.2) is 9.18 Å². The Morgan fingerprint density at radius 3 is 2.90 bits per heavy atom. The molecule has 2 unspecified atom stereocenters. The molecule has 1 aromatic rings. The number of carbonyl (C=O) groups is 1. The van der Waals surface area contributed by atoms with Crippen molar-refractivity contribution in [3.05, 3.63) is 47.4 Å². The number of nitrogens with one attached hydrogen (secondary N) is 4. The molecule has 2 atom stereocenters. The molecule has 158 valence electrons. The summed E-state index contributed by atoms with van der Waals surface area (Å²) >= 11 is 0. The monoisotopic (exact) mass is 403 g/mol. The van der Waals surface area contributed by atoms with Gasteiger partial charge in [0.15, 0.2) is 0 Å². The highest BCUT2D eigenvalue weighted by Gasteiger charge is 2.47. The normalized spacial score (nSPS) is 26.4. The number of nitrogens with zero attached hydrogens (tertiary/aromatic N) is 1. The predicted octanol–water partition coefficient (Wildman–Crippen LogP) is 1.63. The van der Waals surface area contributed by atoms with Gasteiger partial charge in [-0.15, -0.1) is 0 Å². The number of hydrogen-bond donors (Lipinski definition) is 4. The molecule has 8 heteroatoms. The molecule has 2 saturated heterocycles. The van der Waals surface area contributed by atoms with Crippen molar-refractivity contribution in [2.75, 3.05) is 19.8 Å². The van der Waals surface area contributed by atoms with Gasteiger partial charge in [-0.3, -0.25) is 10.6 Å². The van der Waals surface area contributed by atoms with Crippen LogP contribution in [0.3, 0.4) is 0 Å². The number of likely N-dealkylation sites (tertiary alicyclic amines) is 1. The lowest BCUT2D eigenvalue weighted by atomic mass is 9.92. The van der Waals surface area contributed by atoms with E-state index in [0.717, 1.165) is 37.2 Å². The van der Waals surface area contributed by atoms with Crippen LogP contribution in [0.2, 0.25) is 0 Å². The van der Waals surface area contributed by atoms with Crippen LogP contribution in [0.25, 0.3) is 0 Å². The number of halogens is 1. The minimum absolute atomic E-state index is 0.0297. The van der Waals surface area contributed by atoms with Gasteiger partial charge in [0.05, 0.1) is 11.6 Å². The molecule has 29 heavy (non-hydrogen) atoms. The quantitative estimate of drug-likeness (QED) is 0.615. The standard InChI is InChI=1S/C21H30FN5O2/c1-21(2)17-12-23-19(25-16-6-8-29-9-7-16)26-18(17)13-27(21)20(28)24-11-14-4-3-5-15(22)10-14/h3-5,10,12,16,18-19,23,25-26H,6-9,11,13H2,1-2H3,(H,24,28). The molecule has 0 saturated carbocycles. The van der Waals surface area contributed by atoms with Gasteiger partial charge in [-0.05, 0) is 50.0 Å². The first-order chi connectivity index (χ1) is 13.9. The molecule has 0 radical (unpaired) electrons. The Hall–Kier alpha value is -2.16. The summed E-state index contributed by atoms with van der Waals surface area (Å²) in [7, 11) is 0. The Labute approximate surface area is 171 Å². The molecule has 3 aliphatic rings. The highest BCUT2D eigenvalue weighted by atomic mass is 19.1. The van der Waals surface area contributed by atoms with Crippen LogP contribution in [-0.4, -0.2) is 54.6 Å². The zero-order valence-electron chi connectivity index (χ0n) is 17.0. The maximum Gasteiger partial charge on any atom is 0.318 e. The fraction of sp³-hybridized carbons (Fsp3) is 0.571. The van der Waals surface area contributed by atoms with E-state index in [2.05, 4.69) is 35.1 Å². The zero-order chi connectivity index (χ0) is 20.4. The van der Waals surface area contributed by atoms with E-state index in [1.54, 1.807) is 12.1 Å². The largest absolute Gasteiger partial charge is 0.381 e. The second kappa shape index (κ2) is 8.30. The van der Waals surface area contributed by atoms with Crippen LogP contribution in [0.5, 0.6) is 0 Å². The zero-order valence-corrected chi connectivity index (χ0v) is 17.0. The van der Waals surface area contributed by atoms with Gasteiger partial charge in [-0.2, -0.15) is 0 Å². The SMILES string of the molecule is CC1(C)C2=CNC(NC3CCOCC3)NC2CN1C(=O)NCc1cccc(F)c1. The number of carbonyl (C=O) groups excluding carboxylic acids is 1. The lowest BCUT2D eigenvalue weighted by molar-refractivity contribution is 0.0715. The molecule has 4 rings (SSSR count). The number of ether oxygens (including phenoxy) is 1. The van der Waals surface area contributed by atoms with E-state index in [4.69, 9.17) is 4.74 Å². The van der Waals surface area contributed by atoms with Crippen LogP contribution >= 0.6 is 0 Å². The first-order valence-corrected chi connectivity index (χ1v) is 10.3. The molecular weight excluding hydrogens is 373 g/mol. The molecule has 2 fully saturated rings. The molecule has 0 aromatic heterocycles. The Kier molecular flexibility index (Phi) is 5.76. The minimum Gasteiger partial charge on any atom is -0.381 e. The van der Waals surface area contributed by atoms with Crippen molar-refractivity contribution in [2.24, 2.45) is 0 Å². The van der Waals surface area contributed by atoms with E-state index in [1.807, 2.05) is 11.1 Å². The molecule has 0 bridgehead atoms. The molecule has 7 nitrogen and oxygen atoms in total. The lowest BCUT2D eigenvalue weighted by Gasteiger charge is -2.36. The van der Waals surface area contributed by atoms with Crippen LogP contribution in [0.15, 0.2) is 36.0 Å². The molecule has 3 aliphatic heterocycles. The van der Waals surface area contributed by atoms with Gasteiger partial charge in [0.1, 0.15) is 12.1 Å². The van der Waals surface area contributed by atoms with Crippen molar-refractivity contribution in [1.29, 1.82) is 0 Å². The summed E-state index contributed by atoms with van der Waals surface area (Å²) in [4.78, 5) is 14.7. The van der Waals surface area contributed by atoms with Gasteiger partial charge in [0, 0.05) is 38.5 Å². The second-order valence-electron chi connectivity index (χ2n) is 8.43. The third kappa shape index (κ3) is 4.39. The van der Waals surface area contributed by atoms with Crippen LogP contribution in [0, 0.1) is 5.82 Å². The highest BCUT2D eigenvalue weighted by Crippen LogP contribution is 2.35. The summed E-state index contributed by atoms with van der Waals surface area (Å²) in [6.45, 7) is 6.57. The minimum atomic E-state index is -0.416. The van der Waals surface area contributed by atoms with Gasteiger partial charge in [0.2, 0.25) is 0 Å². The average Bonchev–Trinajstić information content (AvgIpc) is 2.97. The lowest BCUT2D eigenvalue weighted by Crippen LogP contribution is -2.61. The first kappa shape index (κ1) is 20.1. The van der Waals surface area contributed by atoms with Gasteiger partial charge in [0.25, 0.3) is 0 Å². The topological polar surface area (TPSA) is 77.7 Å². The van der Waals surface area contributed by atoms with Crippen molar-refractivity contribution < 1.29 is 13.9 Å². The fourth-order valence-electron chi connectivity index (χ4n) is 4.39.